The quantitative estimate of drug-likeness (QED) is 0.235. The molecular weight excluding hydrogens is 440 g/mol. The van der Waals surface area contributed by atoms with Gasteiger partial charge in [-0.2, -0.15) is 0 Å². The minimum Gasteiger partial charge on any atom is -0.394 e. The van der Waals surface area contributed by atoms with Crippen LogP contribution in [0.1, 0.15) is 59.8 Å². The molecule has 2 aliphatic carbocycles. The Morgan fingerprint density at radius 3 is 2.41 bits per heavy atom. The monoisotopic (exact) mass is 484 g/mol. The standard InChI is InChI=1S/C26H44O8/c1-14(9-11-27)6-7-16-15(2)17(12-19-25(3,4)20(29)8-10-26(16,19)5)33-24-23(32)22(31)21(30)18(13-28)34-24/h9,16-24,27-32H,2,6-8,10-13H2,1,3-5H3/b14-9-/t16-,17+,18+,19-,20-,21+,22-,23-,24+,26+/m0/s1. The molecule has 3 rings (SSSR count). The van der Waals surface area contributed by atoms with E-state index in [1.807, 2.05) is 13.0 Å². The van der Waals surface area contributed by atoms with Gasteiger partial charge in [-0.25, -0.2) is 0 Å². The Morgan fingerprint density at radius 2 is 1.79 bits per heavy atom. The van der Waals surface area contributed by atoms with Gasteiger partial charge < -0.3 is 40.1 Å². The van der Waals surface area contributed by atoms with Gasteiger partial charge in [-0.15, -0.1) is 0 Å². The maximum Gasteiger partial charge on any atom is 0.187 e. The molecule has 6 N–H and O–H groups in total. The molecule has 0 aromatic carbocycles. The van der Waals surface area contributed by atoms with Crippen molar-refractivity contribution < 1.29 is 40.1 Å². The third-order valence-electron chi connectivity index (χ3n) is 9.03. The Labute approximate surface area is 202 Å². The molecule has 3 fully saturated rings. The van der Waals surface area contributed by atoms with Crippen molar-refractivity contribution in [1.82, 2.24) is 0 Å². The zero-order valence-electron chi connectivity index (χ0n) is 20.9. The zero-order valence-corrected chi connectivity index (χ0v) is 20.9. The predicted octanol–water partition coefficient (Wildman–Crippen LogP) is 1.27. The van der Waals surface area contributed by atoms with Crippen molar-refractivity contribution in [3.8, 4) is 0 Å². The van der Waals surface area contributed by atoms with E-state index in [9.17, 15) is 30.6 Å². The fourth-order valence-electron chi connectivity index (χ4n) is 6.71. The van der Waals surface area contributed by atoms with Crippen molar-refractivity contribution >= 4 is 0 Å². The van der Waals surface area contributed by atoms with Crippen LogP contribution in [-0.2, 0) is 9.47 Å². The Morgan fingerprint density at radius 1 is 1.12 bits per heavy atom. The van der Waals surface area contributed by atoms with Crippen molar-refractivity contribution in [3.63, 3.8) is 0 Å². The highest BCUT2D eigenvalue weighted by Gasteiger charge is 2.58. The molecule has 3 aliphatic rings. The number of hydrogen-bond donors (Lipinski definition) is 6. The molecule has 8 nitrogen and oxygen atoms in total. The summed E-state index contributed by atoms with van der Waals surface area (Å²) in [7, 11) is 0. The minimum absolute atomic E-state index is 0.000588. The highest BCUT2D eigenvalue weighted by Crippen LogP contribution is 2.62. The smallest absolute Gasteiger partial charge is 0.187 e. The van der Waals surface area contributed by atoms with Crippen molar-refractivity contribution in [2.75, 3.05) is 13.2 Å². The summed E-state index contributed by atoms with van der Waals surface area (Å²) < 4.78 is 11.8. The molecule has 34 heavy (non-hydrogen) atoms. The van der Waals surface area contributed by atoms with E-state index in [1.54, 1.807) is 0 Å². The largest absolute Gasteiger partial charge is 0.394 e. The zero-order chi connectivity index (χ0) is 25.4. The third-order valence-corrected chi connectivity index (χ3v) is 9.03. The molecule has 1 heterocycles. The van der Waals surface area contributed by atoms with E-state index in [0.29, 0.717) is 12.8 Å². The van der Waals surface area contributed by atoms with Gasteiger partial charge in [-0.1, -0.05) is 39.0 Å². The molecule has 0 radical (unpaired) electrons. The summed E-state index contributed by atoms with van der Waals surface area (Å²) >= 11 is 0. The minimum atomic E-state index is -1.51. The Kier molecular flexibility index (Phi) is 8.69. The fraction of sp³-hybridized carbons (Fsp3) is 0.846. The van der Waals surface area contributed by atoms with Gasteiger partial charge >= 0.3 is 0 Å². The van der Waals surface area contributed by atoms with Crippen molar-refractivity contribution in [3.05, 3.63) is 23.8 Å². The highest BCUT2D eigenvalue weighted by atomic mass is 16.7. The van der Waals surface area contributed by atoms with Gasteiger partial charge in [0.15, 0.2) is 6.29 Å². The van der Waals surface area contributed by atoms with Crippen LogP contribution in [0.5, 0.6) is 0 Å². The van der Waals surface area contributed by atoms with E-state index >= 15 is 0 Å². The lowest BCUT2D eigenvalue weighted by Gasteiger charge is -2.61. The van der Waals surface area contributed by atoms with E-state index in [1.165, 1.54) is 0 Å². The van der Waals surface area contributed by atoms with Crippen LogP contribution in [0.4, 0.5) is 0 Å². The molecule has 0 amide bonds. The van der Waals surface area contributed by atoms with Crippen molar-refractivity contribution in [2.45, 2.75) is 103 Å². The van der Waals surface area contributed by atoms with E-state index < -0.39 is 49.5 Å². The number of aliphatic hydroxyl groups excluding tert-OH is 6. The lowest BCUT2D eigenvalue weighted by atomic mass is 9.46. The van der Waals surface area contributed by atoms with Crippen LogP contribution < -0.4 is 0 Å². The first-order valence-corrected chi connectivity index (χ1v) is 12.5. The second-order valence-corrected chi connectivity index (χ2v) is 11.4. The first-order valence-electron chi connectivity index (χ1n) is 12.5. The molecule has 0 unspecified atom stereocenters. The Bertz CT molecular complexity index is 749. The third kappa shape index (κ3) is 5.02. The fourth-order valence-corrected chi connectivity index (χ4v) is 6.71. The summed E-state index contributed by atoms with van der Waals surface area (Å²) in [5, 5.41) is 60.5. The summed E-state index contributed by atoms with van der Waals surface area (Å²) in [5.74, 6) is 0.186. The van der Waals surface area contributed by atoms with E-state index in [0.717, 1.165) is 30.4 Å². The number of aliphatic hydroxyl groups is 6. The Balaban J connectivity index is 1.89. The van der Waals surface area contributed by atoms with E-state index in [2.05, 4.69) is 27.4 Å². The number of hydrogen-bond acceptors (Lipinski definition) is 8. The van der Waals surface area contributed by atoms with Gasteiger partial charge in [-0.3, -0.25) is 0 Å². The maximum atomic E-state index is 10.9. The highest BCUT2D eigenvalue weighted by molar-refractivity contribution is 5.22. The molecule has 1 saturated heterocycles. The van der Waals surface area contributed by atoms with Gasteiger partial charge in [-0.05, 0) is 67.3 Å². The molecule has 10 atom stereocenters. The van der Waals surface area contributed by atoms with Crippen molar-refractivity contribution in [1.29, 1.82) is 0 Å². The van der Waals surface area contributed by atoms with E-state index in [-0.39, 0.29) is 29.3 Å². The molecule has 0 spiro atoms. The summed E-state index contributed by atoms with van der Waals surface area (Å²) in [4.78, 5) is 0. The molecule has 8 heteroatoms. The van der Waals surface area contributed by atoms with Crippen LogP contribution in [0, 0.1) is 22.7 Å². The molecular formula is C26H44O8. The van der Waals surface area contributed by atoms with Crippen LogP contribution in [0.15, 0.2) is 23.8 Å². The molecule has 2 saturated carbocycles. The molecule has 1 aliphatic heterocycles. The van der Waals surface area contributed by atoms with Gasteiger partial charge in [0, 0.05) is 0 Å². The summed E-state index contributed by atoms with van der Waals surface area (Å²) in [6.45, 7) is 12.3. The summed E-state index contributed by atoms with van der Waals surface area (Å²) in [5.41, 5.74) is 1.52. The van der Waals surface area contributed by atoms with Crippen LogP contribution in [0.2, 0.25) is 0 Å². The van der Waals surface area contributed by atoms with Crippen molar-refractivity contribution in [2.24, 2.45) is 22.7 Å². The Hall–Kier alpha value is -0.840. The first kappa shape index (κ1) is 27.7. The number of fused-ring (bicyclic) bond motifs is 1. The maximum absolute atomic E-state index is 10.9. The van der Waals surface area contributed by atoms with Gasteiger partial charge in [0.2, 0.25) is 0 Å². The average Bonchev–Trinajstić information content (AvgIpc) is 2.78. The molecule has 0 bridgehead atoms. The van der Waals surface area contributed by atoms with Gasteiger partial charge in [0.1, 0.15) is 24.4 Å². The van der Waals surface area contributed by atoms with Gasteiger partial charge in [0.25, 0.3) is 0 Å². The molecule has 0 aromatic heterocycles. The molecule has 0 aromatic rings. The normalized spacial score (nSPS) is 45.2. The van der Waals surface area contributed by atoms with E-state index in [4.69, 9.17) is 9.47 Å². The summed E-state index contributed by atoms with van der Waals surface area (Å²) in [6, 6.07) is 0. The second kappa shape index (κ2) is 10.6. The molecule has 196 valence electrons. The van der Waals surface area contributed by atoms with Crippen LogP contribution in [0.25, 0.3) is 0 Å². The van der Waals surface area contributed by atoms with Gasteiger partial charge in [0.05, 0.1) is 25.4 Å². The lowest BCUT2D eigenvalue weighted by Crippen LogP contribution is -2.61. The summed E-state index contributed by atoms with van der Waals surface area (Å²) in [6.07, 6.45) is -2.05. The first-order chi connectivity index (χ1) is 15.9. The second-order valence-electron chi connectivity index (χ2n) is 11.4. The SMILES string of the molecule is C=C1[C@H](O[C@@H]2O[C@H](CO)[C@@H](O)[C@H](O)[C@@H]2O)C[C@H]2C(C)(C)[C@@H](O)CC[C@]2(C)[C@H]1CC/C(C)=C\CO. The predicted molar refractivity (Wildman–Crippen MR) is 127 cm³/mol. The average molecular weight is 485 g/mol. The topological polar surface area (TPSA) is 140 Å². The number of ether oxygens (including phenoxy) is 2. The van der Waals surface area contributed by atoms with Crippen LogP contribution >= 0.6 is 0 Å². The number of allylic oxidation sites excluding steroid dienone is 1. The van der Waals surface area contributed by atoms with Crippen LogP contribution in [-0.4, -0.2) is 86.8 Å². The van der Waals surface area contributed by atoms with Crippen LogP contribution in [0.3, 0.4) is 0 Å². The number of rotatable bonds is 7. The lowest BCUT2D eigenvalue weighted by molar-refractivity contribution is -0.313.